The maximum atomic E-state index is 13.0. The average molecular weight is 514 g/mol. The topological polar surface area (TPSA) is 83.9 Å². The Labute approximate surface area is 199 Å². The molecule has 34 heavy (non-hydrogen) atoms. The number of hydrogen-bond acceptors (Lipinski definition) is 4. The molecule has 0 bridgehead atoms. The van der Waals surface area contributed by atoms with E-state index in [0.29, 0.717) is 10.6 Å². The van der Waals surface area contributed by atoms with Gasteiger partial charge in [0, 0.05) is 24.2 Å². The molecule has 0 aliphatic rings. The predicted molar refractivity (Wildman–Crippen MR) is 119 cm³/mol. The van der Waals surface area contributed by atoms with E-state index >= 15 is 0 Å². The molecule has 0 aromatic heterocycles. The van der Waals surface area contributed by atoms with E-state index in [0.717, 1.165) is 22.5 Å². The first-order valence-electron chi connectivity index (χ1n) is 9.75. The lowest BCUT2D eigenvalue weighted by Crippen LogP contribution is -2.26. The Morgan fingerprint density at radius 1 is 1.06 bits per heavy atom. The standard InChI is InChI=1S/C23H19ClF3NO5S/c1-28(34(31,32)20-11-7-18(24)8-12-20)14-15-5-9-19(10-6-15)33-21(22(29)30)16-3-2-4-17(13-16)23(25,26)27/h2-13,21H,14H2,1H3,(H,29,30). The second-order valence-corrected chi connectivity index (χ2v) is 9.80. The van der Waals surface area contributed by atoms with E-state index in [9.17, 15) is 31.5 Å². The minimum absolute atomic E-state index is 0.0151. The highest BCUT2D eigenvalue weighted by Gasteiger charge is 2.32. The average Bonchev–Trinajstić information content (AvgIpc) is 2.78. The normalized spacial score (nSPS) is 13.0. The Morgan fingerprint density at radius 3 is 2.24 bits per heavy atom. The van der Waals surface area contributed by atoms with E-state index < -0.39 is 33.8 Å². The van der Waals surface area contributed by atoms with Gasteiger partial charge in [-0.2, -0.15) is 17.5 Å². The summed E-state index contributed by atoms with van der Waals surface area (Å²) in [5.41, 5.74) is -0.571. The fourth-order valence-corrected chi connectivity index (χ4v) is 4.36. The largest absolute Gasteiger partial charge is 0.478 e. The lowest BCUT2D eigenvalue weighted by Gasteiger charge is -2.19. The molecule has 0 heterocycles. The second kappa shape index (κ2) is 10.0. The first kappa shape index (κ1) is 25.5. The molecule has 0 radical (unpaired) electrons. The van der Waals surface area contributed by atoms with Crippen LogP contribution in [0.4, 0.5) is 13.2 Å². The van der Waals surface area contributed by atoms with Crippen LogP contribution in [0.1, 0.15) is 22.8 Å². The minimum Gasteiger partial charge on any atom is -0.478 e. The monoisotopic (exact) mass is 513 g/mol. The van der Waals surface area contributed by atoms with Crippen LogP contribution in [-0.4, -0.2) is 30.8 Å². The molecule has 1 N–H and O–H groups in total. The van der Waals surface area contributed by atoms with Crippen molar-refractivity contribution in [1.82, 2.24) is 4.31 Å². The molecule has 1 unspecified atom stereocenters. The molecule has 0 fully saturated rings. The van der Waals surface area contributed by atoms with Gasteiger partial charge >= 0.3 is 12.1 Å². The summed E-state index contributed by atoms with van der Waals surface area (Å²) < 4.78 is 70.9. The summed E-state index contributed by atoms with van der Waals surface area (Å²) in [5.74, 6) is -1.37. The number of benzene rings is 3. The number of carbonyl (C=O) groups is 1. The maximum absolute atomic E-state index is 13.0. The summed E-state index contributed by atoms with van der Waals surface area (Å²) in [4.78, 5) is 11.7. The van der Waals surface area contributed by atoms with Gasteiger partial charge in [0.15, 0.2) is 0 Å². The second-order valence-electron chi connectivity index (χ2n) is 7.32. The van der Waals surface area contributed by atoms with Crippen LogP contribution in [0.15, 0.2) is 77.7 Å². The Bertz CT molecular complexity index is 1260. The zero-order valence-electron chi connectivity index (χ0n) is 17.7. The number of nitrogens with zero attached hydrogens (tertiary/aromatic N) is 1. The highest BCUT2D eigenvalue weighted by atomic mass is 35.5. The molecule has 3 aromatic carbocycles. The molecule has 0 aliphatic heterocycles. The molecule has 1 atom stereocenters. The highest BCUT2D eigenvalue weighted by Crippen LogP contribution is 2.32. The minimum atomic E-state index is -4.63. The third-order valence-electron chi connectivity index (χ3n) is 4.85. The van der Waals surface area contributed by atoms with Gasteiger partial charge in [0.25, 0.3) is 0 Å². The third kappa shape index (κ3) is 6.07. The number of carboxylic acid groups (broad SMARTS) is 1. The third-order valence-corrected chi connectivity index (χ3v) is 6.91. The number of hydrogen-bond donors (Lipinski definition) is 1. The van der Waals surface area contributed by atoms with Crippen LogP contribution >= 0.6 is 11.6 Å². The number of aliphatic carboxylic acids is 1. The van der Waals surface area contributed by atoms with Gasteiger partial charge in [-0.1, -0.05) is 35.9 Å². The molecular weight excluding hydrogens is 495 g/mol. The van der Waals surface area contributed by atoms with E-state index in [-0.39, 0.29) is 22.8 Å². The Morgan fingerprint density at radius 2 is 1.68 bits per heavy atom. The highest BCUT2D eigenvalue weighted by molar-refractivity contribution is 7.89. The van der Waals surface area contributed by atoms with E-state index in [2.05, 4.69) is 0 Å². The molecule has 0 saturated carbocycles. The van der Waals surface area contributed by atoms with Crippen molar-refractivity contribution in [2.75, 3.05) is 7.05 Å². The van der Waals surface area contributed by atoms with Crippen LogP contribution in [0, 0.1) is 0 Å². The van der Waals surface area contributed by atoms with Crippen molar-refractivity contribution < 1.29 is 36.2 Å². The first-order chi connectivity index (χ1) is 15.9. The van der Waals surface area contributed by atoms with Crippen LogP contribution in [0.25, 0.3) is 0 Å². The number of halogens is 4. The molecule has 3 rings (SSSR count). The summed E-state index contributed by atoms with van der Waals surface area (Å²) in [6, 6.07) is 15.5. The van der Waals surface area contributed by atoms with E-state index in [1.54, 1.807) is 0 Å². The lowest BCUT2D eigenvalue weighted by molar-refractivity contribution is -0.146. The van der Waals surface area contributed by atoms with Gasteiger partial charge in [-0.15, -0.1) is 0 Å². The Hall–Kier alpha value is -3.08. The maximum Gasteiger partial charge on any atom is 0.416 e. The summed E-state index contributed by atoms with van der Waals surface area (Å²) in [7, 11) is -2.37. The molecule has 6 nitrogen and oxygen atoms in total. The van der Waals surface area contributed by atoms with Crippen LogP contribution in [-0.2, 0) is 27.5 Å². The van der Waals surface area contributed by atoms with Crippen LogP contribution in [0.2, 0.25) is 5.02 Å². The van der Waals surface area contributed by atoms with E-state index in [1.807, 2.05) is 0 Å². The quantitative estimate of drug-likeness (QED) is 0.437. The number of alkyl halides is 3. The molecule has 0 aliphatic carbocycles. The fourth-order valence-electron chi connectivity index (χ4n) is 3.08. The van der Waals surface area contributed by atoms with Crippen molar-refractivity contribution in [3.05, 3.63) is 94.5 Å². The van der Waals surface area contributed by atoms with Gasteiger partial charge < -0.3 is 9.84 Å². The smallest absolute Gasteiger partial charge is 0.416 e. The van der Waals surface area contributed by atoms with Gasteiger partial charge in [0.05, 0.1) is 10.5 Å². The van der Waals surface area contributed by atoms with Gasteiger partial charge in [0.1, 0.15) is 5.75 Å². The fraction of sp³-hybridized carbons (Fsp3) is 0.174. The summed E-state index contributed by atoms with van der Waals surface area (Å²) >= 11 is 5.80. The van der Waals surface area contributed by atoms with Crippen LogP contribution in [0.5, 0.6) is 5.75 Å². The van der Waals surface area contributed by atoms with Gasteiger partial charge in [0.2, 0.25) is 16.1 Å². The Balaban J connectivity index is 1.74. The summed E-state index contributed by atoms with van der Waals surface area (Å²) in [5, 5.41) is 9.89. The van der Waals surface area contributed by atoms with Crippen molar-refractivity contribution in [3.8, 4) is 5.75 Å². The molecule has 0 saturated heterocycles. The van der Waals surface area contributed by atoms with Gasteiger partial charge in [-0.3, -0.25) is 0 Å². The van der Waals surface area contributed by atoms with Crippen molar-refractivity contribution in [3.63, 3.8) is 0 Å². The van der Waals surface area contributed by atoms with Crippen molar-refractivity contribution >= 4 is 27.6 Å². The van der Waals surface area contributed by atoms with Gasteiger partial charge in [-0.05, 0) is 54.1 Å². The number of carboxylic acids is 1. The van der Waals surface area contributed by atoms with Crippen LogP contribution in [0.3, 0.4) is 0 Å². The first-order valence-corrected chi connectivity index (χ1v) is 11.6. The zero-order valence-corrected chi connectivity index (χ0v) is 19.2. The summed E-state index contributed by atoms with van der Waals surface area (Å²) in [6.45, 7) is 0.0151. The molecule has 3 aromatic rings. The molecule has 180 valence electrons. The SMILES string of the molecule is CN(Cc1ccc(OC(C(=O)O)c2cccc(C(F)(F)F)c2)cc1)S(=O)(=O)c1ccc(Cl)cc1. The van der Waals surface area contributed by atoms with Gasteiger partial charge in [-0.25, -0.2) is 13.2 Å². The van der Waals surface area contributed by atoms with E-state index in [1.165, 1.54) is 61.6 Å². The predicted octanol–water partition coefficient (Wildman–Crippen LogP) is 5.38. The van der Waals surface area contributed by atoms with E-state index in [4.69, 9.17) is 16.3 Å². The summed E-state index contributed by atoms with van der Waals surface area (Å²) in [6.07, 6.45) is -6.29. The zero-order chi connectivity index (χ0) is 25.1. The van der Waals surface area contributed by atoms with Crippen molar-refractivity contribution in [2.24, 2.45) is 0 Å². The number of ether oxygens (including phenoxy) is 1. The number of rotatable bonds is 8. The number of sulfonamides is 1. The van der Waals surface area contributed by atoms with Crippen molar-refractivity contribution in [1.29, 1.82) is 0 Å². The molecular formula is C23H19ClF3NO5S. The van der Waals surface area contributed by atoms with Crippen LogP contribution < -0.4 is 4.74 Å². The molecule has 0 spiro atoms. The molecule has 11 heteroatoms. The lowest BCUT2D eigenvalue weighted by atomic mass is 10.1. The Kier molecular flexibility index (Phi) is 7.54. The molecule has 0 amide bonds. The van der Waals surface area contributed by atoms with Crippen molar-refractivity contribution in [2.45, 2.75) is 23.7 Å².